The fraction of sp³-hybridized carbons (Fsp3) is 0. The highest BCUT2D eigenvalue weighted by Gasteiger charge is 2.06. The topological polar surface area (TPSA) is 56.0 Å². The van der Waals surface area contributed by atoms with Crippen molar-refractivity contribution in [2.24, 2.45) is 0 Å². The Balaban J connectivity index is 2.61. The van der Waals surface area contributed by atoms with Gasteiger partial charge in [0, 0.05) is 22.0 Å². The standard InChI is InChI=1S/C12H8N2OS/c13-7-3-4-8-10(6-7)16-9-2-1-5-14-11(9)12(8)15/h1-6H,13H2. The van der Waals surface area contributed by atoms with Gasteiger partial charge < -0.3 is 5.73 Å². The molecule has 0 aliphatic heterocycles. The van der Waals surface area contributed by atoms with Crippen LogP contribution >= 0.6 is 11.3 Å². The third kappa shape index (κ3) is 1.27. The fourth-order valence-electron chi connectivity index (χ4n) is 1.70. The molecule has 2 heterocycles. The molecular weight excluding hydrogens is 220 g/mol. The molecule has 0 radical (unpaired) electrons. The van der Waals surface area contributed by atoms with Crippen LogP contribution in [0.1, 0.15) is 0 Å². The fourth-order valence-corrected chi connectivity index (χ4v) is 2.79. The van der Waals surface area contributed by atoms with Gasteiger partial charge >= 0.3 is 0 Å². The number of nitrogen functional groups attached to an aromatic ring is 1. The Bertz CT molecular complexity index is 749. The van der Waals surface area contributed by atoms with Gasteiger partial charge in [0.15, 0.2) is 0 Å². The molecule has 78 valence electrons. The molecule has 2 aromatic heterocycles. The molecule has 0 saturated heterocycles. The molecule has 0 unspecified atom stereocenters. The monoisotopic (exact) mass is 228 g/mol. The minimum absolute atomic E-state index is 0.0237. The predicted octanol–water partition coefficient (Wildman–Crippen LogP) is 2.39. The summed E-state index contributed by atoms with van der Waals surface area (Å²) in [5, 5.41) is 0.686. The van der Waals surface area contributed by atoms with E-state index in [-0.39, 0.29) is 5.43 Å². The van der Waals surface area contributed by atoms with E-state index in [9.17, 15) is 4.79 Å². The number of pyridine rings is 1. The Morgan fingerprint density at radius 2 is 2.06 bits per heavy atom. The molecule has 0 aliphatic rings. The van der Waals surface area contributed by atoms with E-state index in [0.29, 0.717) is 16.6 Å². The molecule has 3 nitrogen and oxygen atoms in total. The summed E-state index contributed by atoms with van der Waals surface area (Å²) in [5.74, 6) is 0. The molecule has 3 rings (SSSR count). The number of benzene rings is 1. The molecule has 0 atom stereocenters. The normalized spacial score (nSPS) is 11.0. The number of anilines is 1. The molecule has 0 saturated carbocycles. The third-order valence-electron chi connectivity index (χ3n) is 2.46. The smallest absolute Gasteiger partial charge is 0.214 e. The maximum absolute atomic E-state index is 12.1. The van der Waals surface area contributed by atoms with Crippen molar-refractivity contribution < 1.29 is 0 Å². The van der Waals surface area contributed by atoms with Crippen molar-refractivity contribution in [1.82, 2.24) is 4.98 Å². The van der Waals surface area contributed by atoms with E-state index in [2.05, 4.69) is 4.98 Å². The van der Waals surface area contributed by atoms with Crippen molar-refractivity contribution in [3.05, 3.63) is 46.8 Å². The van der Waals surface area contributed by atoms with Crippen LogP contribution in [0, 0.1) is 0 Å². The summed E-state index contributed by atoms with van der Waals surface area (Å²) in [7, 11) is 0. The zero-order valence-corrected chi connectivity index (χ0v) is 9.12. The molecule has 0 aliphatic carbocycles. The number of hydrogen-bond donors (Lipinski definition) is 1. The third-order valence-corrected chi connectivity index (χ3v) is 3.56. The average molecular weight is 228 g/mol. The number of rotatable bonds is 0. The lowest BCUT2D eigenvalue weighted by molar-refractivity contribution is 1.41. The van der Waals surface area contributed by atoms with Gasteiger partial charge in [-0.2, -0.15) is 0 Å². The number of aromatic nitrogens is 1. The molecular formula is C12H8N2OS. The molecule has 2 N–H and O–H groups in total. The Morgan fingerprint density at radius 3 is 2.94 bits per heavy atom. The maximum atomic E-state index is 12.1. The molecule has 16 heavy (non-hydrogen) atoms. The summed E-state index contributed by atoms with van der Waals surface area (Å²) >= 11 is 1.54. The lowest BCUT2D eigenvalue weighted by Crippen LogP contribution is -2.02. The van der Waals surface area contributed by atoms with E-state index in [1.807, 2.05) is 18.2 Å². The molecule has 3 aromatic rings. The second-order valence-electron chi connectivity index (χ2n) is 3.54. The minimum atomic E-state index is -0.0237. The van der Waals surface area contributed by atoms with Crippen LogP contribution in [0.15, 0.2) is 41.3 Å². The van der Waals surface area contributed by atoms with Crippen LogP contribution in [0.2, 0.25) is 0 Å². The van der Waals surface area contributed by atoms with Gasteiger partial charge in [0.25, 0.3) is 0 Å². The van der Waals surface area contributed by atoms with E-state index in [0.717, 1.165) is 9.40 Å². The average Bonchev–Trinajstić information content (AvgIpc) is 2.29. The SMILES string of the molecule is Nc1ccc2c(=O)c3ncccc3sc2c1. The summed E-state index contributed by atoms with van der Waals surface area (Å²) < 4.78 is 1.80. The van der Waals surface area contributed by atoms with Crippen molar-refractivity contribution in [3.8, 4) is 0 Å². The van der Waals surface area contributed by atoms with Crippen molar-refractivity contribution in [2.75, 3.05) is 5.73 Å². The second-order valence-corrected chi connectivity index (χ2v) is 4.62. The first-order chi connectivity index (χ1) is 7.75. The zero-order chi connectivity index (χ0) is 11.1. The largest absolute Gasteiger partial charge is 0.399 e. The van der Waals surface area contributed by atoms with E-state index < -0.39 is 0 Å². The maximum Gasteiger partial charge on any atom is 0.214 e. The van der Waals surface area contributed by atoms with Gasteiger partial charge in [-0.1, -0.05) is 0 Å². The summed E-state index contributed by atoms with van der Waals surface area (Å²) in [6.07, 6.45) is 1.64. The molecule has 0 bridgehead atoms. The van der Waals surface area contributed by atoms with Crippen LogP contribution in [0.5, 0.6) is 0 Å². The lowest BCUT2D eigenvalue weighted by Gasteiger charge is -2.00. The first-order valence-corrected chi connectivity index (χ1v) is 5.64. The van der Waals surface area contributed by atoms with Crippen LogP contribution in [-0.4, -0.2) is 4.98 Å². The highest BCUT2D eigenvalue weighted by molar-refractivity contribution is 7.24. The molecule has 1 aromatic carbocycles. The van der Waals surface area contributed by atoms with E-state index in [1.54, 1.807) is 18.3 Å². The van der Waals surface area contributed by atoms with Crippen molar-refractivity contribution in [2.45, 2.75) is 0 Å². The van der Waals surface area contributed by atoms with Crippen molar-refractivity contribution in [1.29, 1.82) is 0 Å². The van der Waals surface area contributed by atoms with E-state index in [1.165, 1.54) is 11.3 Å². The highest BCUT2D eigenvalue weighted by atomic mass is 32.1. The Morgan fingerprint density at radius 1 is 1.19 bits per heavy atom. The van der Waals surface area contributed by atoms with Crippen LogP contribution in [0.25, 0.3) is 20.3 Å². The van der Waals surface area contributed by atoms with Gasteiger partial charge in [-0.05, 0) is 30.3 Å². The summed E-state index contributed by atoms with van der Waals surface area (Å²) in [5.41, 5.74) is 6.89. The van der Waals surface area contributed by atoms with Gasteiger partial charge in [0.2, 0.25) is 5.43 Å². The molecule has 0 fully saturated rings. The van der Waals surface area contributed by atoms with Gasteiger partial charge in [-0.15, -0.1) is 11.3 Å². The minimum Gasteiger partial charge on any atom is -0.399 e. The summed E-state index contributed by atoms with van der Waals surface area (Å²) in [6, 6.07) is 9.06. The van der Waals surface area contributed by atoms with Crippen LogP contribution in [0.3, 0.4) is 0 Å². The molecule has 4 heteroatoms. The summed E-state index contributed by atoms with van der Waals surface area (Å²) in [6.45, 7) is 0. The van der Waals surface area contributed by atoms with Gasteiger partial charge in [-0.25, -0.2) is 0 Å². The first kappa shape index (κ1) is 9.30. The van der Waals surface area contributed by atoms with E-state index >= 15 is 0 Å². The van der Waals surface area contributed by atoms with E-state index in [4.69, 9.17) is 5.73 Å². The lowest BCUT2D eigenvalue weighted by atomic mass is 10.2. The zero-order valence-electron chi connectivity index (χ0n) is 8.31. The van der Waals surface area contributed by atoms with Gasteiger partial charge in [0.1, 0.15) is 5.52 Å². The number of nitrogens with zero attached hydrogens (tertiary/aromatic N) is 1. The van der Waals surface area contributed by atoms with Crippen molar-refractivity contribution in [3.63, 3.8) is 0 Å². The Hall–Kier alpha value is -1.94. The summed E-state index contributed by atoms with van der Waals surface area (Å²) in [4.78, 5) is 16.2. The van der Waals surface area contributed by atoms with Gasteiger partial charge in [-0.3, -0.25) is 9.78 Å². The van der Waals surface area contributed by atoms with Crippen molar-refractivity contribution >= 4 is 37.3 Å². The number of fused-ring (bicyclic) bond motifs is 2. The highest BCUT2D eigenvalue weighted by Crippen LogP contribution is 2.24. The quantitative estimate of drug-likeness (QED) is 0.475. The number of hydrogen-bond acceptors (Lipinski definition) is 4. The Kier molecular flexibility index (Phi) is 1.91. The first-order valence-electron chi connectivity index (χ1n) is 4.83. The molecule has 0 spiro atoms. The van der Waals surface area contributed by atoms with Gasteiger partial charge in [0.05, 0.1) is 4.70 Å². The van der Waals surface area contributed by atoms with Crippen LogP contribution in [0.4, 0.5) is 5.69 Å². The van der Waals surface area contributed by atoms with Crippen LogP contribution < -0.4 is 11.2 Å². The Labute approximate surface area is 95.2 Å². The second kappa shape index (κ2) is 3.28. The molecule has 0 amide bonds. The predicted molar refractivity (Wildman–Crippen MR) is 67.8 cm³/mol. The number of nitrogens with two attached hydrogens (primary N) is 1. The van der Waals surface area contributed by atoms with Crippen LogP contribution in [-0.2, 0) is 0 Å².